The highest BCUT2D eigenvalue weighted by atomic mass is 19.1. The standard InChI is InChI=1S/C22H28FN3O2/c1-3-25-12-14-26(15-13-25)21(17-8-10-18(28-2)11-9-17)16-24-22(27)19-6-4-5-7-20(19)23/h4-11,21H,3,12-16H2,1-2H3,(H,24,27). The fourth-order valence-corrected chi connectivity index (χ4v) is 3.61. The van der Waals surface area contributed by atoms with Crippen LogP contribution >= 0.6 is 0 Å². The number of carbonyl (C=O) groups is 1. The monoisotopic (exact) mass is 385 g/mol. The number of hydrogen-bond acceptors (Lipinski definition) is 4. The molecule has 1 aliphatic heterocycles. The lowest BCUT2D eigenvalue weighted by Gasteiger charge is -2.39. The van der Waals surface area contributed by atoms with Gasteiger partial charge in [-0.05, 0) is 36.4 Å². The van der Waals surface area contributed by atoms with E-state index >= 15 is 0 Å². The van der Waals surface area contributed by atoms with E-state index in [0.717, 1.165) is 44.0 Å². The van der Waals surface area contributed by atoms with Crippen LogP contribution in [0.4, 0.5) is 4.39 Å². The van der Waals surface area contributed by atoms with Gasteiger partial charge in [-0.15, -0.1) is 0 Å². The van der Waals surface area contributed by atoms with Crippen molar-refractivity contribution in [1.82, 2.24) is 15.1 Å². The molecule has 0 spiro atoms. The Kier molecular flexibility index (Phi) is 7.01. The Bertz CT molecular complexity index is 774. The van der Waals surface area contributed by atoms with Gasteiger partial charge in [-0.25, -0.2) is 4.39 Å². The van der Waals surface area contributed by atoms with E-state index in [-0.39, 0.29) is 17.5 Å². The van der Waals surface area contributed by atoms with Crippen LogP contribution in [0.3, 0.4) is 0 Å². The Morgan fingerprint density at radius 2 is 1.79 bits per heavy atom. The van der Waals surface area contributed by atoms with E-state index in [0.29, 0.717) is 6.54 Å². The summed E-state index contributed by atoms with van der Waals surface area (Å²) in [4.78, 5) is 17.3. The van der Waals surface area contributed by atoms with Crippen LogP contribution in [0.5, 0.6) is 5.75 Å². The molecule has 0 aromatic heterocycles. The first-order chi connectivity index (χ1) is 13.6. The molecule has 1 N–H and O–H groups in total. The highest BCUT2D eigenvalue weighted by molar-refractivity contribution is 5.94. The summed E-state index contributed by atoms with van der Waals surface area (Å²) in [6.45, 7) is 7.51. The SMILES string of the molecule is CCN1CCN(C(CNC(=O)c2ccccc2F)c2ccc(OC)cc2)CC1. The van der Waals surface area contributed by atoms with Gasteiger partial charge >= 0.3 is 0 Å². The van der Waals surface area contributed by atoms with Crippen LogP contribution in [0.1, 0.15) is 28.9 Å². The zero-order valence-corrected chi connectivity index (χ0v) is 16.5. The lowest BCUT2D eigenvalue weighted by molar-refractivity contribution is 0.0853. The van der Waals surface area contributed by atoms with Crippen LogP contribution in [0.2, 0.25) is 0 Å². The highest BCUT2D eigenvalue weighted by Crippen LogP contribution is 2.24. The molecule has 0 radical (unpaired) electrons. The molecule has 1 fully saturated rings. The zero-order chi connectivity index (χ0) is 19.9. The van der Waals surface area contributed by atoms with E-state index in [1.807, 2.05) is 24.3 Å². The van der Waals surface area contributed by atoms with E-state index in [2.05, 4.69) is 22.0 Å². The maximum absolute atomic E-state index is 13.9. The maximum atomic E-state index is 13.9. The molecule has 2 aromatic carbocycles. The topological polar surface area (TPSA) is 44.8 Å². The van der Waals surface area contributed by atoms with Gasteiger partial charge in [0.2, 0.25) is 0 Å². The fraction of sp³-hybridized carbons (Fsp3) is 0.409. The van der Waals surface area contributed by atoms with Gasteiger partial charge in [0.05, 0.1) is 18.7 Å². The Hall–Kier alpha value is -2.44. The molecule has 1 aliphatic rings. The van der Waals surface area contributed by atoms with Gasteiger partial charge in [-0.1, -0.05) is 31.2 Å². The Labute approximate surface area is 166 Å². The number of methoxy groups -OCH3 is 1. The smallest absolute Gasteiger partial charge is 0.254 e. The molecule has 3 rings (SSSR count). The molecule has 28 heavy (non-hydrogen) atoms. The number of nitrogens with one attached hydrogen (secondary N) is 1. The molecular weight excluding hydrogens is 357 g/mol. The van der Waals surface area contributed by atoms with Gasteiger partial charge < -0.3 is 15.0 Å². The van der Waals surface area contributed by atoms with Gasteiger partial charge in [0.15, 0.2) is 0 Å². The third kappa shape index (κ3) is 4.88. The summed E-state index contributed by atoms with van der Waals surface area (Å²) in [5, 5.41) is 2.92. The first-order valence-electron chi connectivity index (χ1n) is 9.75. The van der Waals surface area contributed by atoms with Crippen molar-refractivity contribution in [3.05, 3.63) is 65.5 Å². The molecule has 0 aliphatic carbocycles. The molecule has 1 saturated heterocycles. The van der Waals surface area contributed by atoms with Crippen molar-refractivity contribution in [1.29, 1.82) is 0 Å². The molecule has 1 atom stereocenters. The molecular formula is C22H28FN3O2. The van der Waals surface area contributed by atoms with Gasteiger partial charge in [0.1, 0.15) is 11.6 Å². The quantitative estimate of drug-likeness (QED) is 0.796. The van der Waals surface area contributed by atoms with Crippen LogP contribution in [-0.2, 0) is 0 Å². The number of amides is 1. The second kappa shape index (κ2) is 9.66. The van der Waals surface area contributed by atoms with Crippen molar-refractivity contribution in [2.45, 2.75) is 13.0 Å². The molecule has 6 heteroatoms. The average Bonchev–Trinajstić information content (AvgIpc) is 2.75. The summed E-state index contributed by atoms with van der Waals surface area (Å²) >= 11 is 0. The van der Waals surface area contributed by atoms with Crippen molar-refractivity contribution >= 4 is 5.91 Å². The minimum atomic E-state index is -0.502. The molecule has 1 amide bonds. The van der Waals surface area contributed by atoms with Crippen molar-refractivity contribution < 1.29 is 13.9 Å². The number of hydrogen-bond donors (Lipinski definition) is 1. The number of carbonyl (C=O) groups excluding carboxylic acids is 1. The fourth-order valence-electron chi connectivity index (χ4n) is 3.61. The Balaban J connectivity index is 1.74. The number of piperazine rings is 1. The summed E-state index contributed by atoms with van der Waals surface area (Å²) in [6, 6.07) is 14.0. The largest absolute Gasteiger partial charge is 0.497 e. The number of halogens is 1. The molecule has 5 nitrogen and oxygen atoms in total. The number of nitrogens with zero attached hydrogens (tertiary/aromatic N) is 2. The van der Waals surface area contributed by atoms with E-state index < -0.39 is 5.82 Å². The highest BCUT2D eigenvalue weighted by Gasteiger charge is 2.25. The summed E-state index contributed by atoms with van der Waals surface area (Å²) in [7, 11) is 1.64. The molecule has 2 aromatic rings. The van der Waals surface area contributed by atoms with E-state index in [4.69, 9.17) is 4.74 Å². The minimum absolute atomic E-state index is 0.0284. The molecule has 150 valence electrons. The van der Waals surface area contributed by atoms with Crippen molar-refractivity contribution in [2.24, 2.45) is 0 Å². The summed E-state index contributed by atoms with van der Waals surface area (Å²) < 4.78 is 19.2. The lowest BCUT2D eigenvalue weighted by atomic mass is 10.0. The molecule has 1 heterocycles. The van der Waals surface area contributed by atoms with Crippen LogP contribution in [0.25, 0.3) is 0 Å². The van der Waals surface area contributed by atoms with Crippen LogP contribution in [0.15, 0.2) is 48.5 Å². The first-order valence-corrected chi connectivity index (χ1v) is 9.75. The normalized spacial score (nSPS) is 16.5. The second-order valence-corrected chi connectivity index (χ2v) is 6.95. The average molecular weight is 385 g/mol. The lowest BCUT2D eigenvalue weighted by Crippen LogP contribution is -2.49. The van der Waals surface area contributed by atoms with Crippen LogP contribution in [-0.4, -0.2) is 62.1 Å². The molecule has 0 bridgehead atoms. The predicted molar refractivity (Wildman–Crippen MR) is 108 cm³/mol. The third-order valence-corrected chi connectivity index (χ3v) is 5.37. The first kappa shape index (κ1) is 20.3. The second-order valence-electron chi connectivity index (χ2n) is 6.95. The number of likely N-dealkylation sites (N-methyl/N-ethyl adjacent to an activating group) is 1. The number of ether oxygens (including phenoxy) is 1. The minimum Gasteiger partial charge on any atom is -0.497 e. The van der Waals surface area contributed by atoms with Crippen LogP contribution < -0.4 is 10.1 Å². The van der Waals surface area contributed by atoms with E-state index in [1.165, 1.54) is 12.1 Å². The summed E-state index contributed by atoms with van der Waals surface area (Å²) in [5.41, 5.74) is 1.19. The maximum Gasteiger partial charge on any atom is 0.254 e. The third-order valence-electron chi connectivity index (χ3n) is 5.37. The predicted octanol–water partition coefficient (Wildman–Crippen LogP) is 2.94. The van der Waals surface area contributed by atoms with E-state index in [9.17, 15) is 9.18 Å². The van der Waals surface area contributed by atoms with Crippen molar-refractivity contribution in [2.75, 3.05) is 46.4 Å². The summed E-state index contributed by atoms with van der Waals surface area (Å²) in [6.07, 6.45) is 0. The zero-order valence-electron chi connectivity index (χ0n) is 16.5. The van der Waals surface area contributed by atoms with Gasteiger partial charge in [-0.3, -0.25) is 9.69 Å². The van der Waals surface area contributed by atoms with Crippen molar-refractivity contribution in [3.63, 3.8) is 0 Å². The van der Waals surface area contributed by atoms with Crippen molar-refractivity contribution in [3.8, 4) is 5.75 Å². The number of benzene rings is 2. The van der Waals surface area contributed by atoms with E-state index in [1.54, 1.807) is 19.2 Å². The van der Waals surface area contributed by atoms with Gasteiger partial charge in [0.25, 0.3) is 5.91 Å². The molecule has 1 unspecified atom stereocenters. The van der Waals surface area contributed by atoms with Gasteiger partial charge in [-0.2, -0.15) is 0 Å². The Morgan fingerprint density at radius 1 is 1.11 bits per heavy atom. The number of rotatable bonds is 7. The van der Waals surface area contributed by atoms with Crippen LogP contribution in [0, 0.1) is 5.82 Å². The Morgan fingerprint density at radius 3 is 2.39 bits per heavy atom. The molecule has 0 saturated carbocycles. The van der Waals surface area contributed by atoms with Gasteiger partial charge in [0, 0.05) is 32.7 Å². The summed E-state index contributed by atoms with van der Waals surface area (Å²) in [5.74, 6) is -0.0879.